The molecule has 0 fully saturated rings. The van der Waals surface area contributed by atoms with Crippen molar-refractivity contribution in [3.05, 3.63) is 51.0 Å². The largest absolute Gasteiger partial charge is 0.598 e. The summed E-state index contributed by atoms with van der Waals surface area (Å²) in [5, 5.41) is 3.14. The molecular weight excluding hydrogens is 436 g/mol. The van der Waals surface area contributed by atoms with Gasteiger partial charge in [0, 0.05) is 29.7 Å². The molecule has 0 saturated carbocycles. The molecule has 0 spiro atoms. The van der Waals surface area contributed by atoms with Crippen LogP contribution in [-0.4, -0.2) is 19.8 Å². The van der Waals surface area contributed by atoms with Gasteiger partial charge in [0.25, 0.3) is 5.91 Å². The minimum absolute atomic E-state index is 0.0660. The van der Waals surface area contributed by atoms with E-state index in [-0.39, 0.29) is 17.0 Å². The van der Waals surface area contributed by atoms with Gasteiger partial charge in [-0.15, -0.1) is 4.72 Å². The van der Waals surface area contributed by atoms with Gasteiger partial charge in [0.2, 0.25) is 0 Å². The lowest BCUT2D eigenvalue weighted by Crippen LogP contribution is -2.42. The van der Waals surface area contributed by atoms with Crippen LogP contribution < -0.4 is 10.0 Å². The van der Waals surface area contributed by atoms with E-state index in [1.807, 2.05) is 20.8 Å². The van der Waals surface area contributed by atoms with Crippen LogP contribution in [0.15, 0.2) is 18.2 Å². The van der Waals surface area contributed by atoms with Crippen LogP contribution in [0.2, 0.25) is 10.2 Å². The third-order valence-corrected chi connectivity index (χ3v) is 7.29. The summed E-state index contributed by atoms with van der Waals surface area (Å²) in [5.41, 5.74) is 2.50. The molecule has 9 heteroatoms. The Hall–Kier alpha value is -1.25. The van der Waals surface area contributed by atoms with Gasteiger partial charge in [-0.2, -0.15) is 0 Å². The monoisotopic (exact) mass is 459 g/mol. The average Bonchev–Trinajstić information content (AvgIpc) is 2.89. The predicted octanol–water partition coefficient (Wildman–Crippen LogP) is 5.15. The molecule has 1 aromatic carbocycles. The van der Waals surface area contributed by atoms with Crippen LogP contribution in [-0.2, 0) is 24.8 Å². The maximum atomic E-state index is 13.4. The zero-order valence-electron chi connectivity index (χ0n) is 16.7. The van der Waals surface area contributed by atoms with Gasteiger partial charge >= 0.3 is 0 Å². The van der Waals surface area contributed by atoms with Gasteiger partial charge in [0.1, 0.15) is 21.4 Å². The lowest BCUT2D eigenvalue weighted by molar-refractivity contribution is 0.101. The first-order valence-electron chi connectivity index (χ1n) is 9.32. The molecule has 2 N–H and O–H groups in total. The molecule has 1 amide bonds. The highest BCUT2D eigenvalue weighted by Gasteiger charge is 2.36. The van der Waals surface area contributed by atoms with Crippen LogP contribution in [0.5, 0.6) is 0 Å². The van der Waals surface area contributed by atoms with Gasteiger partial charge in [-0.1, -0.05) is 23.2 Å². The standard InChI is InChI=1S/C20H24Cl2FN3O2S/c1-20(2,3)29(28)25-15-7-5-6-12-16(15)18(22)26(4)17(12)19(27)24-11-8-9-14(23)13(21)10-11/h8-10,15,25H,5-7H2,1-4H3,(H,24,27)/t15-,29?/m1/s1. The highest BCUT2D eigenvalue weighted by Crippen LogP contribution is 2.40. The second-order valence-corrected chi connectivity index (χ2v) is 10.9. The van der Waals surface area contributed by atoms with Crippen LogP contribution in [0.25, 0.3) is 0 Å². The van der Waals surface area contributed by atoms with Crippen LogP contribution >= 0.6 is 23.2 Å². The van der Waals surface area contributed by atoms with Crippen LogP contribution in [0.4, 0.5) is 10.1 Å². The van der Waals surface area contributed by atoms with E-state index in [1.165, 1.54) is 18.2 Å². The van der Waals surface area contributed by atoms with Crippen molar-refractivity contribution in [3.8, 4) is 0 Å². The molecule has 1 heterocycles. The van der Waals surface area contributed by atoms with Crippen molar-refractivity contribution >= 4 is 46.2 Å². The number of hydrogen-bond acceptors (Lipinski definition) is 3. The van der Waals surface area contributed by atoms with E-state index >= 15 is 0 Å². The van der Waals surface area contributed by atoms with Crippen molar-refractivity contribution < 1.29 is 13.7 Å². The molecule has 0 bridgehead atoms. The number of halogens is 3. The SMILES string of the molecule is Cn1c(Cl)c2c(c1C(=O)Nc1ccc(F)c(Cl)c1)CCC[C@H]2N[S+]([O-])C(C)(C)C. The number of amides is 1. The van der Waals surface area contributed by atoms with Crippen LogP contribution in [0.1, 0.15) is 61.3 Å². The van der Waals surface area contributed by atoms with Gasteiger partial charge in [0.15, 0.2) is 0 Å². The number of anilines is 1. The fourth-order valence-corrected chi connectivity index (χ4v) is 4.80. The topological polar surface area (TPSA) is 69.1 Å². The Morgan fingerprint density at radius 1 is 1.34 bits per heavy atom. The summed E-state index contributed by atoms with van der Waals surface area (Å²) < 4.78 is 30.4. The number of aromatic nitrogens is 1. The molecule has 3 rings (SSSR count). The summed E-state index contributed by atoms with van der Waals surface area (Å²) in [6.45, 7) is 5.71. The van der Waals surface area contributed by atoms with Gasteiger partial charge < -0.3 is 14.4 Å². The summed E-state index contributed by atoms with van der Waals surface area (Å²) in [4.78, 5) is 13.0. The molecule has 1 aliphatic carbocycles. The number of nitrogens with zero attached hydrogens (tertiary/aromatic N) is 1. The van der Waals surface area contributed by atoms with Crippen molar-refractivity contribution in [2.45, 2.75) is 50.8 Å². The lowest BCUT2D eigenvalue weighted by atomic mass is 9.90. The Kier molecular flexibility index (Phi) is 6.56. The quantitative estimate of drug-likeness (QED) is 0.620. The van der Waals surface area contributed by atoms with E-state index in [0.29, 0.717) is 23.0 Å². The summed E-state index contributed by atoms with van der Waals surface area (Å²) in [7, 11) is 1.73. The summed E-state index contributed by atoms with van der Waals surface area (Å²) in [6, 6.07) is 3.82. The van der Waals surface area contributed by atoms with Crippen LogP contribution in [0, 0.1) is 5.82 Å². The van der Waals surface area contributed by atoms with Gasteiger partial charge in [-0.3, -0.25) is 4.79 Å². The molecule has 1 unspecified atom stereocenters. The molecule has 0 radical (unpaired) electrons. The van der Waals surface area contributed by atoms with E-state index < -0.39 is 21.9 Å². The van der Waals surface area contributed by atoms with E-state index in [9.17, 15) is 13.7 Å². The number of carbonyl (C=O) groups excluding carboxylic acids is 1. The van der Waals surface area contributed by atoms with Crippen LogP contribution in [0.3, 0.4) is 0 Å². The molecular formula is C20H24Cl2FN3O2S. The lowest BCUT2D eigenvalue weighted by Gasteiger charge is -2.30. The molecule has 1 aliphatic rings. The minimum Gasteiger partial charge on any atom is -0.598 e. The normalized spacial score (nSPS) is 17.7. The third kappa shape index (κ3) is 4.59. The maximum absolute atomic E-state index is 13.4. The molecule has 29 heavy (non-hydrogen) atoms. The second kappa shape index (κ2) is 8.47. The van der Waals surface area contributed by atoms with Gasteiger partial charge in [-0.25, -0.2) is 4.39 Å². The van der Waals surface area contributed by atoms with E-state index in [0.717, 1.165) is 24.0 Å². The molecule has 2 aromatic rings. The molecule has 158 valence electrons. The Balaban J connectivity index is 1.92. The Morgan fingerprint density at radius 2 is 2.03 bits per heavy atom. The first-order valence-corrected chi connectivity index (χ1v) is 11.2. The number of nitrogens with one attached hydrogen (secondary N) is 2. The number of benzene rings is 1. The van der Waals surface area contributed by atoms with Crippen molar-refractivity contribution in [3.63, 3.8) is 0 Å². The summed E-state index contributed by atoms with van der Waals surface area (Å²) in [5.74, 6) is -0.902. The highest BCUT2D eigenvalue weighted by molar-refractivity contribution is 7.90. The van der Waals surface area contributed by atoms with Crippen molar-refractivity contribution in [1.82, 2.24) is 9.29 Å². The van der Waals surface area contributed by atoms with Gasteiger partial charge in [-0.05, 0) is 63.8 Å². The van der Waals surface area contributed by atoms with E-state index in [1.54, 1.807) is 11.6 Å². The average molecular weight is 460 g/mol. The summed E-state index contributed by atoms with van der Waals surface area (Å²) >= 11 is 11.1. The third-order valence-electron chi connectivity index (χ3n) is 4.93. The molecule has 0 aliphatic heterocycles. The fraction of sp³-hybridized carbons (Fsp3) is 0.450. The van der Waals surface area contributed by atoms with Crippen molar-refractivity contribution in [2.24, 2.45) is 7.05 Å². The smallest absolute Gasteiger partial charge is 0.272 e. The minimum atomic E-state index is -1.26. The maximum Gasteiger partial charge on any atom is 0.272 e. The first-order chi connectivity index (χ1) is 13.5. The zero-order chi connectivity index (χ0) is 21.5. The number of rotatable bonds is 4. The fourth-order valence-electron chi connectivity index (χ4n) is 3.45. The van der Waals surface area contributed by atoms with Crippen molar-refractivity contribution in [1.29, 1.82) is 0 Å². The number of fused-ring (bicyclic) bond motifs is 1. The molecule has 1 aromatic heterocycles. The second-order valence-electron chi connectivity index (χ2n) is 8.12. The molecule has 0 saturated heterocycles. The zero-order valence-corrected chi connectivity index (χ0v) is 19.1. The highest BCUT2D eigenvalue weighted by atomic mass is 35.5. The van der Waals surface area contributed by atoms with Crippen molar-refractivity contribution in [2.75, 3.05) is 5.32 Å². The predicted molar refractivity (Wildman–Crippen MR) is 116 cm³/mol. The van der Waals surface area contributed by atoms with Gasteiger partial charge in [0.05, 0.1) is 11.1 Å². The number of carbonyl (C=O) groups is 1. The Labute approximate surface area is 183 Å². The Morgan fingerprint density at radius 3 is 2.66 bits per heavy atom. The number of hydrogen-bond donors (Lipinski definition) is 2. The Bertz CT molecular complexity index is 943. The van der Waals surface area contributed by atoms with E-state index in [4.69, 9.17) is 23.2 Å². The van der Waals surface area contributed by atoms with E-state index in [2.05, 4.69) is 10.0 Å². The first kappa shape index (κ1) is 22.4. The molecule has 2 atom stereocenters. The summed E-state index contributed by atoms with van der Waals surface area (Å²) in [6.07, 6.45) is 2.32. The molecule has 5 nitrogen and oxygen atoms in total.